The minimum absolute atomic E-state index is 0.268. The average Bonchev–Trinajstić information content (AvgIpc) is 2.46. The maximum absolute atomic E-state index is 12.7. The minimum Gasteiger partial charge on any atom is -0.343 e. The second kappa shape index (κ2) is 6.68. The predicted octanol–water partition coefficient (Wildman–Crippen LogP) is 3.57. The van der Waals surface area contributed by atoms with Crippen LogP contribution in [0.3, 0.4) is 0 Å². The molecule has 21 heavy (non-hydrogen) atoms. The normalized spacial score (nSPS) is 34.5. The maximum Gasteiger partial charge on any atom is 0.225 e. The zero-order chi connectivity index (χ0) is 15.6. The Morgan fingerprint density at radius 2 is 1.48 bits per heavy atom. The monoisotopic (exact) mass is 294 g/mol. The third kappa shape index (κ3) is 4.21. The van der Waals surface area contributed by atoms with Crippen LogP contribution < -0.4 is 5.73 Å². The second-order valence-corrected chi connectivity index (χ2v) is 8.43. The molecule has 0 aromatic rings. The summed E-state index contributed by atoms with van der Waals surface area (Å²) in [5.41, 5.74) is 6.36. The molecule has 0 unspecified atom stereocenters. The Balaban J connectivity index is 1.84. The third-order valence-corrected chi connectivity index (χ3v) is 5.94. The summed E-state index contributed by atoms with van der Waals surface area (Å²) in [7, 11) is 2.01. The number of nitrogens with zero attached hydrogens (tertiary/aromatic N) is 1. The topological polar surface area (TPSA) is 46.3 Å². The lowest BCUT2D eigenvalue weighted by molar-refractivity contribution is -0.138. The molecule has 0 radical (unpaired) electrons. The van der Waals surface area contributed by atoms with Gasteiger partial charge in [0.15, 0.2) is 0 Å². The van der Waals surface area contributed by atoms with Gasteiger partial charge in [-0.15, -0.1) is 0 Å². The lowest BCUT2D eigenvalue weighted by Gasteiger charge is -2.39. The van der Waals surface area contributed by atoms with Crippen LogP contribution in [0.1, 0.15) is 72.1 Å². The van der Waals surface area contributed by atoms with Crippen LogP contribution in [0.4, 0.5) is 0 Å². The molecule has 2 aliphatic rings. The van der Waals surface area contributed by atoms with Crippen LogP contribution in [0.5, 0.6) is 0 Å². The molecule has 0 spiro atoms. The number of carbonyl (C=O) groups excluding carboxylic acids is 1. The van der Waals surface area contributed by atoms with Gasteiger partial charge in [-0.1, -0.05) is 20.8 Å². The van der Waals surface area contributed by atoms with E-state index in [2.05, 4.69) is 20.8 Å². The van der Waals surface area contributed by atoms with Crippen molar-refractivity contribution in [2.75, 3.05) is 7.05 Å². The summed E-state index contributed by atoms with van der Waals surface area (Å²) in [6, 6.07) is 0.782. The van der Waals surface area contributed by atoms with E-state index in [0.29, 0.717) is 23.4 Å². The maximum atomic E-state index is 12.7. The van der Waals surface area contributed by atoms with Gasteiger partial charge in [-0.25, -0.2) is 0 Å². The van der Waals surface area contributed by atoms with Crippen LogP contribution in [0, 0.1) is 17.3 Å². The van der Waals surface area contributed by atoms with Crippen molar-refractivity contribution in [2.45, 2.75) is 84.2 Å². The average molecular weight is 294 g/mol. The van der Waals surface area contributed by atoms with Crippen LogP contribution >= 0.6 is 0 Å². The molecule has 2 fully saturated rings. The van der Waals surface area contributed by atoms with Crippen LogP contribution in [0.25, 0.3) is 0 Å². The summed E-state index contributed by atoms with van der Waals surface area (Å²) >= 11 is 0. The summed E-state index contributed by atoms with van der Waals surface area (Å²) in [6.07, 6.45) is 8.89. The zero-order valence-electron chi connectivity index (χ0n) is 14.4. The van der Waals surface area contributed by atoms with Crippen molar-refractivity contribution in [3.05, 3.63) is 0 Å². The molecule has 3 heteroatoms. The van der Waals surface area contributed by atoms with E-state index in [1.807, 2.05) is 11.9 Å². The molecule has 0 bridgehead atoms. The largest absolute Gasteiger partial charge is 0.343 e. The molecule has 0 heterocycles. The Morgan fingerprint density at radius 3 is 1.95 bits per heavy atom. The van der Waals surface area contributed by atoms with Crippen molar-refractivity contribution in [2.24, 2.45) is 23.0 Å². The molecule has 3 nitrogen and oxygen atoms in total. The van der Waals surface area contributed by atoms with Crippen molar-refractivity contribution in [3.8, 4) is 0 Å². The molecular formula is C18H34N2O. The van der Waals surface area contributed by atoms with Gasteiger partial charge in [0, 0.05) is 25.0 Å². The van der Waals surface area contributed by atoms with Gasteiger partial charge in [-0.2, -0.15) is 0 Å². The first-order valence-corrected chi connectivity index (χ1v) is 8.81. The molecule has 2 saturated carbocycles. The number of nitrogens with two attached hydrogens (primary N) is 1. The smallest absolute Gasteiger partial charge is 0.225 e. The zero-order valence-corrected chi connectivity index (χ0v) is 14.4. The third-order valence-electron chi connectivity index (χ3n) is 5.94. The fourth-order valence-electron chi connectivity index (χ4n) is 4.16. The minimum atomic E-state index is 0.268. The van der Waals surface area contributed by atoms with Gasteiger partial charge >= 0.3 is 0 Å². The van der Waals surface area contributed by atoms with Crippen LogP contribution in [-0.2, 0) is 4.79 Å². The van der Waals surface area contributed by atoms with E-state index < -0.39 is 0 Å². The molecule has 0 aromatic carbocycles. The number of hydrogen-bond acceptors (Lipinski definition) is 2. The number of hydrogen-bond donors (Lipinski definition) is 1. The highest BCUT2D eigenvalue weighted by Gasteiger charge is 2.35. The number of rotatable bonds is 2. The van der Waals surface area contributed by atoms with Crippen molar-refractivity contribution >= 4 is 5.91 Å². The molecule has 2 rings (SSSR count). The molecule has 0 aromatic heterocycles. The summed E-state index contributed by atoms with van der Waals surface area (Å²) < 4.78 is 0. The highest BCUT2D eigenvalue weighted by Crippen LogP contribution is 2.40. The van der Waals surface area contributed by atoms with E-state index in [-0.39, 0.29) is 5.92 Å². The van der Waals surface area contributed by atoms with Gasteiger partial charge in [0.1, 0.15) is 0 Å². The molecule has 0 aliphatic heterocycles. The summed E-state index contributed by atoms with van der Waals surface area (Å²) in [5, 5.41) is 0. The van der Waals surface area contributed by atoms with E-state index in [1.54, 1.807) is 0 Å². The molecule has 1 amide bonds. The van der Waals surface area contributed by atoms with Crippen LogP contribution in [0.15, 0.2) is 0 Å². The predicted molar refractivity (Wildman–Crippen MR) is 87.9 cm³/mol. The van der Waals surface area contributed by atoms with Gasteiger partial charge in [0.25, 0.3) is 0 Å². The molecular weight excluding hydrogens is 260 g/mol. The lowest BCUT2D eigenvalue weighted by Crippen LogP contribution is -2.45. The summed E-state index contributed by atoms with van der Waals surface area (Å²) in [5.74, 6) is 1.44. The molecule has 2 aliphatic carbocycles. The molecule has 0 atom stereocenters. The number of carbonyl (C=O) groups is 1. The van der Waals surface area contributed by atoms with Crippen molar-refractivity contribution in [1.29, 1.82) is 0 Å². The van der Waals surface area contributed by atoms with E-state index in [0.717, 1.165) is 44.4 Å². The van der Waals surface area contributed by atoms with Crippen molar-refractivity contribution < 1.29 is 4.79 Å². The number of amides is 1. The highest BCUT2D eigenvalue weighted by molar-refractivity contribution is 5.79. The summed E-state index contributed by atoms with van der Waals surface area (Å²) in [4.78, 5) is 14.8. The Kier molecular flexibility index (Phi) is 5.34. The summed E-state index contributed by atoms with van der Waals surface area (Å²) in [6.45, 7) is 6.99. The fraction of sp³-hybridized carbons (Fsp3) is 0.944. The van der Waals surface area contributed by atoms with E-state index >= 15 is 0 Å². The quantitative estimate of drug-likeness (QED) is 0.846. The Morgan fingerprint density at radius 1 is 0.952 bits per heavy atom. The van der Waals surface area contributed by atoms with Gasteiger partial charge < -0.3 is 10.6 Å². The first-order valence-electron chi connectivity index (χ1n) is 8.81. The Bertz CT molecular complexity index is 345. The Labute approximate surface area is 130 Å². The van der Waals surface area contributed by atoms with E-state index in [9.17, 15) is 4.79 Å². The fourth-order valence-corrected chi connectivity index (χ4v) is 4.16. The highest BCUT2D eigenvalue weighted by atomic mass is 16.2. The molecule has 0 saturated heterocycles. The van der Waals surface area contributed by atoms with E-state index in [4.69, 9.17) is 5.73 Å². The van der Waals surface area contributed by atoms with Crippen LogP contribution in [-0.4, -0.2) is 29.9 Å². The first-order chi connectivity index (χ1) is 9.79. The van der Waals surface area contributed by atoms with Crippen molar-refractivity contribution in [3.63, 3.8) is 0 Å². The standard InChI is InChI=1S/C18H34N2O/c1-18(2,3)14-7-5-13(6-8-14)17(21)20(4)16-11-9-15(19)10-12-16/h13-16H,5-12,19H2,1-4H3. The molecule has 2 N–H and O–H groups in total. The second-order valence-electron chi connectivity index (χ2n) is 8.43. The first kappa shape index (κ1) is 16.8. The van der Waals surface area contributed by atoms with Gasteiger partial charge in [-0.3, -0.25) is 4.79 Å². The van der Waals surface area contributed by atoms with Gasteiger partial charge in [0.05, 0.1) is 0 Å². The van der Waals surface area contributed by atoms with E-state index in [1.165, 1.54) is 12.8 Å². The lowest BCUT2D eigenvalue weighted by atomic mass is 9.69. The van der Waals surface area contributed by atoms with Gasteiger partial charge in [0.2, 0.25) is 5.91 Å². The Hall–Kier alpha value is -0.570. The van der Waals surface area contributed by atoms with Gasteiger partial charge in [-0.05, 0) is 62.7 Å². The van der Waals surface area contributed by atoms with Crippen LogP contribution in [0.2, 0.25) is 0 Å². The van der Waals surface area contributed by atoms with Crippen molar-refractivity contribution in [1.82, 2.24) is 4.90 Å². The molecule has 122 valence electrons. The SMILES string of the molecule is CN(C(=O)C1CCC(C(C)(C)C)CC1)C1CCC(N)CC1.